The second-order valence-corrected chi connectivity index (χ2v) is 16.8. The maximum atomic E-state index is 14.3. The third-order valence-corrected chi connectivity index (χ3v) is 11.8. The minimum Gasteiger partial charge on any atom is -0.475 e. The first-order valence-electron chi connectivity index (χ1n) is 19.7. The van der Waals surface area contributed by atoms with Crippen molar-refractivity contribution in [3.05, 3.63) is 75.7 Å². The molecule has 3 amide bonds. The highest BCUT2D eigenvalue weighted by atomic mass is 31.2. The van der Waals surface area contributed by atoms with E-state index < -0.39 is 32.7 Å². The van der Waals surface area contributed by atoms with Gasteiger partial charge in [0.25, 0.3) is 5.56 Å². The van der Waals surface area contributed by atoms with Crippen LogP contribution in [0.3, 0.4) is 0 Å². The molecule has 0 aliphatic carbocycles. The Morgan fingerprint density at radius 3 is 2.23 bits per heavy atom. The Morgan fingerprint density at radius 2 is 1.60 bits per heavy atom. The molecule has 326 valence electrons. The highest BCUT2D eigenvalue weighted by molar-refractivity contribution is 7.46. The first-order valence-corrected chi connectivity index (χ1v) is 21.2. The number of hydrogen-bond acceptors (Lipinski definition) is 9. The van der Waals surface area contributed by atoms with Gasteiger partial charge >= 0.3 is 26.0 Å². The van der Waals surface area contributed by atoms with Gasteiger partial charge in [-0.15, -0.1) is 0 Å². The van der Waals surface area contributed by atoms with Crippen molar-refractivity contribution in [2.75, 3.05) is 59.4 Å². The number of para-hydroxylation sites is 1. The number of aliphatic carboxylic acids is 1. The second-order valence-electron chi connectivity index (χ2n) is 15.6. The van der Waals surface area contributed by atoms with E-state index >= 15 is 0 Å². The Hall–Kier alpha value is -4.85. The zero-order chi connectivity index (χ0) is 43.4. The Labute approximate surface area is 343 Å². The molecule has 1 unspecified atom stereocenters. The first-order chi connectivity index (χ1) is 28.3. The van der Waals surface area contributed by atoms with Crippen LogP contribution in [0.15, 0.2) is 53.5 Å². The zero-order valence-electron chi connectivity index (χ0n) is 33.3. The van der Waals surface area contributed by atoms with E-state index in [-0.39, 0.29) is 29.8 Å². The predicted molar refractivity (Wildman–Crippen MR) is 214 cm³/mol. The fourth-order valence-corrected chi connectivity index (χ4v) is 8.45. The summed E-state index contributed by atoms with van der Waals surface area (Å²) >= 11 is 0. The van der Waals surface area contributed by atoms with E-state index in [0.717, 1.165) is 72.0 Å². The van der Waals surface area contributed by atoms with Crippen molar-refractivity contribution in [3.63, 3.8) is 0 Å². The molecular formula is C39H50F3N8O9P. The van der Waals surface area contributed by atoms with Crippen molar-refractivity contribution in [1.82, 2.24) is 39.7 Å². The van der Waals surface area contributed by atoms with Crippen LogP contribution >= 0.6 is 7.82 Å². The highest BCUT2D eigenvalue weighted by Crippen LogP contribution is 2.36. The molecule has 1 atom stereocenters. The lowest BCUT2D eigenvalue weighted by Crippen LogP contribution is -2.59. The number of urea groups is 1. The number of carbonyl (C=O) groups is 3. The summed E-state index contributed by atoms with van der Waals surface area (Å²) in [5.41, 5.74) is 3.73. The number of carboxylic acids is 1. The molecule has 21 heteroatoms. The molecule has 3 fully saturated rings. The van der Waals surface area contributed by atoms with Gasteiger partial charge in [0.1, 0.15) is 6.04 Å². The van der Waals surface area contributed by atoms with Gasteiger partial charge < -0.3 is 39.9 Å². The third-order valence-electron chi connectivity index (χ3n) is 11.4. The van der Waals surface area contributed by atoms with Gasteiger partial charge in [0.2, 0.25) is 5.91 Å². The minimum absolute atomic E-state index is 0.0217. The van der Waals surface area contributed by atoms with Gasteiger partial charge in [-0.2, -0.15) is 18.3 Å². The Kier molecular flexibility index (Phi) is 14.0. The molecule has 3 aliphatic heterocycles. The number of hydrogen-bond donors (Lipinski definition) is 5. The lowest BCUT2D eigenvalue weighted by atomic mass is 9.89. The van der Waals surface area contributed by atoms with E-state index in [1.54, 1.807) is 11.1 Å². The number of benzene rings is 2. The number of piperazine rings is 1. The van der Waals surface area contributed by atoms with Gasteiger partial charge in [0.05, 0.1) is 5.52 Å². The lowest BCUT2D eigenvalue weighted by Gasteiger charge is -2.43. The summed E-state index contributed by atoms with van der Waals surface area (Å²) in [6.07, 6.45) is 0.335. The number of aromatic amines is 1. The molecule has 5 N–H and O–H groups in total. The van der Waals surface area contributed by atoms with Crippen LogP contribution in [0.4, 0.5) is 18.0 Å². The third kappa shape index (κ3) is 11.5. The average Bonchev–Trinajstić information content (AvgIpc) is 3.63. The molecule has 0 bridgehead atoms. The van der Waals surface area contributed by atoms with E-state index in [0.29, 0.717) is 50.6 Å². The van der Waals surface area contributed by atoms with Crippen molar-refractivity contribution >= 4 is 47.5 Å². The molecule has 2 aromatic carbocycles. The van der Waals surface area contributed by atoms with E-state index in [2.05, 4.69) is 36.8 Å². The van der Waals surface area contributed by atoms with Crippen LogP contribution < -0.4 is 10.9 Å². The van der Waals surface area contributed by atoms with Gasteiger partial charge in [-0.3, -0.25) is 19.0 Å². The number of aromatic nitrogens is 3. The topological polar surface area (TPSA) is 214 Å². The standard InChI is InChI=1S/C37H49N8O7P.C2HF3O2/c1-25-19-26(20-29-23-45(40-34(25)29)24-52-53(49,50)51)21-33(36(47)43-17-15-42(16-18-43)30-9-11-41(2)12-10-30)39-37(48)44-13-7-27(8-14-44)31-22-28-5-3-4-6-32(28)38-35(31)46;3-2(4,5)1(6)7/h3-6,19-20,22-23,27,30,33H,7-18,21,24H2,1-2H3,(H,38,46)(H,39,48)(H2,49,50,51);(H,6,7). The molecule has 5 heterocycles. The summed E-state index contributed by atoms with van der Waals surface area (Å²) in [6, 6.07) is 12.9. The van der Waals surface area contributed by atoms with Crippen LogP contribution in [-0.2, 0) is 31.8 Å². The number of likely N-dealkylation sites (tertiary alicyclic amines) is 2. The fraction of sp³-hybridized carbons (Fsp3) is 0.513. The number of carbonyl (C=O) groups excluding carboxylic acids is 2. The van der Waals surface area contributed by atoms with Crippen LogP contribution in [-0.4, -0.2) is 145 Å². The van der Waals surface area contributed by atoms with Gasteiger partial charge in [0, 0.05) is 74.4 Å². The first kappa shape index (κ1) is 44.7. The molecule has 0 spiro atoms. The summed E-state index contributed by atoms with van der Waals surface area (Å²) in [5.74, 6) is -2.86. The maximum Gasteiger partial charge on any atom is 0.490 e. The summed E-state index contributed by atoms with van der Waals surface area (Å²) in [7, 11) is -2.52. The normalized spacial score (nSPS) is 18.3. The summed E-state index contributed by atoms with van der Waals surface area (Å²) in [6.45, 7) is 7.31. The van der Waals surface area contributed by atoms with Crippen LogP contribution in [0.25, 0.3) is 21.8 Å². The molecule has 60 heavy (non-hydrogen) atoms. The zero-order valence-corrected chi connectivity index (χ0v) is 34.2. The number of carboxylic acid groups (broad SMARTS) is 1. The molecule has 3 saturated heterocycles. The molecule has 7 rings (SSSR count). The molecule has 17 nitrogen and oxygen atoms in total. The van der Waals surface area contributed by atoms with Crippen molar-refractivity contribution in [3.8, 4) is 0 Å². The number of piperidine rings is 2. The molecule has 4 aromatic rings. The lowest BCUT2D eigenvalue weighted by molar-refractivity contribution is -0.192. The summed E-state index contributed by atoms with van der Waals surface area (Å²) in [5, 5.41) is 16.3. The van der Waals surface area contributed by atoms with Crippen molar-refractivity contribution in [1.29, 1.82) is 0 Å². The Bertz CT molecular complexity index is 2280. The van der Waals surface area contributed by atoms with Crippen LogP contribution in [0.1, 0.15) is 48.3 Å². The van der Waals surface area contributed by atoms with Crippen LogP contribution in [0.2, 0.25) is 0 Å². The van der Waals surface area contributed by atoms with Crippen molar-refractivity contribution < 1.29 is 51.5 Å². The molecule has 0 radical (unpaired) electrons. The van der Waals surface area contributed by atoms with Gasteiger partial charge in [0.15, 0.2) is 6.73 Å². The van der Waals surface area contributed by atoms with Gasteiger partial charge in [-0.25, -0.2) is 18.8 Å². The Balaban J connectivity index is 0.000000793. The smallest absolute Gasteiger partial charge is 0.475 e. The quantitative estimate of drug-likeness (QED) is 0.153. The number of fused-ring (bicyclic) bond motifs is 2. The monoisotopic (exact) mass is 862 g/mol. The van der Waals surface area contributed by atoms with Crippen LogP contribution in [0.5, 0.6) is 0 Å². The largest absolute Gasteiger partial charge is 0.490 e. The molecule has 2 aromatic heterocycles. The minimum atomic E-state index is -5.08. The molecule has 3 aliphatic rings. The van der Waals surface area contributed by atoms with E-state index in [1.165, 1.54) is 4.68 Å². The number of amides is 3. The van der Waals surface area contributed by atoms with Crippen molar-refractivity contribution in [2.24, 2.45) is 0 Å². The van der Waals surface area contributed by atoms with E-state index in [9.17, 15) is 32.1 Å². The average molecular weight is 863 g/mol. The number of nitrogens with one attached hydrogen (secondary N) is 2. The Morgan fingerprint density at radius 1 is 0.950 bits per heavy atom. The maximum absolute atomic E-state index is 14.3. The second kappa shape index (κ2) is 18.8. The fourth-order valence-electron chi connectivity index (χ4n) is 8.18. The molecular weight excluding hydrogens is 812 g/mol. The number of rotatable bonds is 9. The number of nitrogens with zero attached hydrogens (tertiary/aromatic N) is 6. The number of phosphoric ester groups is 1. The number of phosphoric acid groups is 1. The number of alkyl halides is 3. The highest BCUT2D eigenvalue weighted by Gasteiger charge is 2.38. The predicted octanol–water partition coefficient (Wildman–Crippen LogP) is 3.63. The number of halogens is 3. The molecule has 0 saturated carbocycles. The van der Waals surface area contributed by atoms with E-state index in [4.69, 9.17) is 19.7 Å². The van der Waals surface area contributed by atoms with Gasteiger partial charge in [-0.1, -0.05) is 24.3 Å². The van der Waals surface area contributed by atoms with E-state index in [1.807, 2.05) is 54.3 Å². The van der Waals surface area contributed by atoms with Gasteiger partial charge in [-0.05, 0) is 93.4 Å². The SMILES string of the molecule is Cc1cc(CC(NC(=O)N2CCC(c3cc4ccccc4[nH]c3=O)CC2)C(=O)N2CCN(C3CCN(C)CC3)CC2)cc2cn(COP(=O)(O)O)nc12.O=C(O)C(F)(F)F. The summed E-state index contributed by atoms with van der Waals surface area (Å²) in [4.78, 5) is 79.7. The number of H-pyrrole nitrogens is 1. The number of pyridine rings is 1. The summed E-state index contributed by atoms with van der Waals surface area (Å²) < 4.78 is 48.9. The number of aryl methyl sites for hydroxylation is 1. The van der Waals surface area contributed by atoms with Crippen LogP contribution in [0, 0.1) is 6.92 Å². The van der Waals surface area contributed by atoms with Crippen molar-refractivity contribution in [2.45, 2.75) is 69.9 Å².